The molecule has 1 N–H and O–H groups in total. The van der Waals surface area contributed by atoms with E-state index in [9.17, 15) is 4.79 Å². The smallest absolute Gasteiger partial charge is 0.231 e. The molecule has 0 aromatic carbocycles. The van der Waals surface area contributed by atoms with E-state index in [0.717, 1.165) is 0 Å². The topological polar surface area (TPSA) is 49.8 Å². The second-order valence-corrected chi connectivity index (χ2v) is 3.04. The number of ether oxygens (including phenoxy) is 1. The molecule has 0 aromatic heterocycles. The number of hydrogen-bond donors (Lipinski definition) is 1. The normalized spacial score (nSPS) is 36.3. The van der Waals surface area contributed by atoms with Crippen LogP contribution in [0.1, 0.15) is 13.3 Å². The van der Waals surface area contributed by atoms with Crippen LogP contribution in [0.5, 0.6) is 0 Å². The lowest BCUT2D eigenvalue weighted by Crippen LogP contribution is -2.51. The summed E-state index contributed by atoms with van der Waals surface area (Å²) in [6.07, 6.45) is 2.02. The molecule has 0 radical (unpaired) electrons. The summed E-state index contributed by atoms with van der Waals surface area (Å²) in [4.78, 5) is 12.7. The molecule has 2 unspecified atom stereocenters. The summed E-state index contributed by atoms with van der Waals surface area (Å²) < 4.78 is 5.39. The zero-order chi connectivity index (χ0) is 8.72. The van der Waals surface area contributed by atoms with Crippen LogP contribution >= 0.6 is 0 Å². The van der Waals surface area contributed by atoms with E-state index in [2.05, 4.69) is 0 Å². The summed E-state index contributed by atoms with van der Waals surface area (Å²) in [5, 5.41) is 8.64. The first-order valence-electron chi connectivity index (χ1n) is 4.02. The van der Waals surface area contributed by atoms with Gasteiger partial charge in [0, 0.05) is 0 Å². The second kappa shape index (κ2) is 2.48. The highest BCUT2D eigenvalue weighted by Gasteiger charge is 2.48. The van der Waals surface area contributed by atoms with E-state index in [-0.39, 0.29) is 24.8 Å². The quantitative estimate of drug-likeness (QED) is 0.555. The third-order valence-corrected chi connectivity index (χ3v) is 2.34. The molecule has 66 valence electrons. The lowest BCUT2D eigenvalue weighted by atomic mass is 10.1. The second-order valence-electron chi connectivity index (χ2n) is 3.04. The predicted molar refractivity (Wildman–Crippen MR) is 41.0 cm³/mol. The Hall–Kier alpha value is -1.03. The maximum Gasteiger partial charge on any atom is 0.231 e. The molecule has 1 amide bonds. The van der Waals surface area contributed by atoms with Gasteiger partial charge in [-0.15, -0.1) is 0 Å². The molecule has 2 rings (SSSR count). The fourth-order valence-corrected chi connectivity index (χ4v) is 1.67. The fourth-order valence-electron chi connectivity index (χ4n) is 1.67. The molecule has 0 spiro atoms. The average Bonchev–Trinajstić information content (AvgIpc) is 2.24. The predicted octanol–water partition coefficient (Wildman–Crippen LogP) is -0.160. The van der Waals surface area contributed by atoms with Gasteiger partial charge in [-0.3, -0.25) is 9.69 Å². The first kappa shape index (κ1) is 7.61. The molecule has 0 aromatic rings. The van der Waals surface area contributed by atoms with E-state index in [0.29, 0.717) is 12.2 Å². The monoisotopic (exact) mass is 169 g/mol. The molecule has 0 bridgehead atoms. The Kier molecular flexibility index (Phi) is 1.58. The van der Waals surface area contributed by atoms with Crippen LogP contribution in [0.25, 0.3) is 0 Å². The van der Waals surface area contributed by atoms with E-state index in [1.165, 1.54) is 0 Å². The van der Waals surface area contributed by atoms with Crippen LogP contribution < -0.4 is 0 Å². The van der Waals surface area contributed by atoms with Gasteiger partial charge in [0.2, 0.25) is 5.91 Å². The van der Waals surface area contributed by atoms with Crippen LogP contribution in [0, 0.1) is 0 Å². The van der Waals surface area contributed by atoms with E-state index in [1.807, 2.05) is 6.92 Å². The van der Waals surface area contributed by atoms with Crippen molar-refractivity contribution in [2.75, 3.05) is 6.61 Å². The molecule has 4 heteroatoms. The molecule has 2 aliphatic heterocycles. The third-order valence-electron chi connectivity index (χ3n) is 2.34. The van der Waals surface area contributed by atoms with Crippen molar-refractivity contribution < 1.29 is 14.6 Å². The van der Waals surface area contributed by atoms with E-state index in [1.54, 1.807) is 11.0 Å². The van der Waals surface area contributed by atoms with Gasteiger partial charge in [-0.1, -0.05) is 0 Å². The molecule has 4 nitrogen and oxygen atoms in total. The molecule has 2 saturated heterocycles. The first-order chi connectivity index (χ1) is 5.74. The van der Waals surface area contributed by atoms with Gasteiger partial charge in [-0.05, 0) is 13.0 Å². The van der Waals surface area contributed by atoms with Crippen LogP contribution in [0.3, 0.4) is 0 Å². The summed E-state index contributed by atoms with van der Waals surface area (Å²) in [6, 6.07) is 0.00315. The number of fused-ring (bicyclic) bond motifs is 1. The molecule has 2 fully saturated rings. The van der Waals surface area contributed by atoms with E-state index >= 15 is 0 Å². The van der Waals surface area contributed by atoms with Crippen molar-refractivity contribution in [3.05, 3.63) is 11.8 Å². The van der Waals surface area contributed by atoms with Gasteiger partial charge < -0.3 is 9.84 Å². The summed E-state index contributed by atoms with van der Waals surface area (Å²) in [5.74, 6) is 0.849. The minimum atomic E-state index is -0.0645. The van der Waals surface area contributed by atoms with E-state index < -0.39 is 0 Å². The number of aliphatic hydroxyl groups is 1. The highest BCUT2D eigenvalue weighted by molar-refractivity contribution is 5.83. The molecule has 2 atom stereocenters. The number of hydrogen-bond acceptors (Lipinski definition) is 3. The Morgan fingerprint density at radius 2 is 2.58 bits per heavy atom. The zero-order valence-electron chi connectivity index (χ0n) is 6.86. The Morgan fingerprint density at radius 3 is 3.08 bits per heavy atom. The van der Waals surface area contributed by atoms with Gasteiger partial charge in [0.15, 0.2) is 6.23 Å². The minimum absolute atomic E-state index is 0.00315. The van der Waals surface area contributed by atoms with Crippen LogP contribution in [0.15, 0.2) is 11.8 Å². The summed E-state index contributed by atoms with van der Waals surface area (Å²) in [7, 11) is 0. The van der Waals surface area contributed by atoms with Crippen molar-refractivity contribution in [1.82, 2.24) is 4.90 Å². The summed E-state index contributed by atoms with van der Waals surface area (Å²) >= 11 is 0. The Bertz CT molecular complexity index is 249. The number of amides is 1. The number of nitrogens with zero attached hydrogens (tertiary/aromatic N) is 1. The summed E-state index contributed by atoms with van der Waals surface area (Å²) in [6.45, 7) is 1.87. The van der Waals surface area contributed by atoms with Crippen LogP contribution in [-0.4, -0.2) is 34.8 Å². The van der Waals surface area contributed by atoms with Gasteiger partial charge in [0.1, 0.15) is 5.76 Å². The number of β-lactam (4-membered cyclic amide) rings is 1. The highest BCUT2D eigenvalue weighted by atomic mass is 16.5. The highest BCUT2D eigenvalue weighted by Crippen LogP contribution is 2.35. The molecule has 2 heterocycles. The van der Waals surface area contributed by atoms with Crippen molar-refractivity contribution in [1.29, 1.82) is 0 Å². The summed E-state index contributed by atoms with van der Waals surface area (Å²) in [5.41, 5.74) is 0. The number of aliphatic hydroxyl groups excluding tert-OH is 1. The Balaban J connectivity index is 2.15. The zero-order valence-corrected chi connectivity index (χ0v) is 6.86. The molecule has 0 aliphatic carbocycles. The van der Waals surface area contributed by atoms with Crippen molar-refractivity contribution in [3.8, 4) is 0 Å². The molecule has 2 aliphatic rings. The number of rotatable bonds is 1. The maximum atomic E-state index is 11.0. The van der Waals surface area contributed by atoms with Crippen LogP contribution in [0.2, 0.25) is 0 Å². The van der Waals surface area contributed by atoms with Crippen molar-refractivity contribution in [2.45, 2.75) is 25.6 Å². The largest absolute Gasteiger partial charge is 0.472 e. The first-order valence-corrected chi connectivity index (χ1v) is 4.02. The van der Waals surface area contributed by atoms with Gasteiger partial charge in [0.05, 0.1) is 19.1 Å². The average molecular weight is 169 g/mol. The Labute approximate surface area is 70.4 Å². The molecule has 0 saturated carbocycles. The standard InChI is InChI=1S/C8H11NO3/c1-5-6(2-3-10)12-8-4-7(11)9(5)8/h2,5,8,10H,3-4H2,1H3/b6-2-. The minimum Gasteiger partial charge on any atom is -0.472 e. The van der Waals surface area contributed by atoms with Crippen molar-refractivity contribution in [2.24, 2.45) is 0 Å². The van der Waals surface area contributed by atoms with Crippen molar-refractivity contribution >= 4 is 5.91 Å². The van der Waals surface area contributed by atoms with Crippen LogP contribution in [-0.2, 0) is 9.53 Å². The third kappa shape index (κ3) is 0.845. The van der Waals surface area contributed by atoms with Crippen LogP contribution in [0.4, 0.5) is 0 Å². The van der Waals surface area contributed by atoms with Gasteiger partial charge >= 0.3 is 0 Å². The molecular formula is C8H11NO3. The fraction of sp³-hybridized carbons (Fsp3) is 0.625. The SMILES string of the molecule is CC1/C(=C/CO)OC2CC(=O)N21. The van der Waals surface area contributed by atoms with E-state index in [4.69, 9.17) is 9.84 Å². The Morgan fingerprint density at radius 1 is 1.83 bits per heavy atom. The van der Waals surface area contributed by atoms with Gasteiger partial charge in [0.25, 0.3) is 0 Å². The molecule has 12 heavy (non-hydrogen) atoms. The van der Waals surface area contributed by atoms with Crippen molar-refractivity contribution in [3.63, 3.8) is 0 Å². The van der Waals surface area contributed by atoms with Gasteiger partial charge in [-0.25, -0.2) is 0 Å². The lowest BCUT2D eigenvalue weighted by molar-refractivity contribution is -0.156. The number of carbonyl (C=O) groups is 1. The maximum absolute atomic E-state index is 11.0. The number of carbonyl (C=O) groups excluding carboxylic acids is 1. The lowest BCUT2D eigenvalue weighted by Gasteiger charge is -2.33. The molecular weight excluding hydrogens is 158 g/mol. The van der Waals surface area contributed by atoms with Gasteiger partial charge in [-0.2, -0.15) is 0 Å².